The van der Waals surface area contributed by atoms with Gasteiger partial charge in [0.1, 0.15) is 0 Å². The first-order chi connectivity index (χ1) is 5.13. The molecule has 11 heavy (non-hydrogen) atoms. The quantitative estimate of drug-likeness (QED) is 0.511. The summed E-state index contributed by atoms with van der Waals surface area (Å²) in [6.45, 7) is 6.47. The van der Waals surface area contributed by atoms with Crippen LogP contribution in [0.5, 0.6) is 0 Å². The van der Waals surface area contributed by atoms with Crippen LogP contribution in [0.4, 0.5) is 0 Å². The van der Waals surface area contributed by atoms with Gasteiger partial charge in [0.05, 0.1) is 0 Å². The summed E-state index contributed by atoms with van der Waals surface area (Å²) in [5.41, 5.74) is 0. The van der Waals surface area contributed by atoms with E-state index in [-0.39, 0.29) is 10.8 Å². The van der Waals surface area contributed by atoms with Crippen molar-refractivity contribution in [3.63, 3.8) is 0 Å². The third-order valence-corrected chi connectivity index (χ3v) is 3.99. The summed E-state index contributed by atoms with van der Waals surface area (Å²) in [7, 11) is 0. The topological polar surface area (TPSA) is 26.3 Å². The fourth-order valence-electron chi connectivity index (χ4n) is 0.865. The molecule has 0 fully saturated rings. The van der Waals surface area contributed by atoms with Crippen molar-refractivity contribution < 1.29 is 9.53 Å². The van der Waals surface area contributed by atoms with Gasteiger partial charge in [-0.05, 0) is 0 Å². The minimum absolute atomic E-state index is 0.0231. The zero-order valence-electron chi connectivity index (χ0n) is 7.59. The number of ether oxygens (including phenoxy) is 1. The average molecular weight is 215 g/mol. The monoisotopic (exact) mass is 216 g/mol. The first-order valence-corrected chi connectivity index (χ1v) is 6.53. The SMILES string of the molecule is [Li][Se]C(C(=O)OCC)C(C)C. The van der Waals surface area contributed by atoms with Crippen molar-refractivity contribution >= 4 is 34.5 Å². The van der Waals surface area contributed by atoms with E-state index in [1.54, 1.807) is 0 Å². The molecule has 0 aliphatic rings. The van der Waals surface area contributed by atoms with Crippen LogP contribution in [0, 0.1) is 5.92 Å². The van der Waals surface area contributed by atoms with Crippen LogP contribution >= 0.6 is 0 Å². The van der Waals surface area contributed by atoms with E-state index in [0.717, 1.165) is 0 Å². The zero-order chi connectivity index (χ0) is 8.85. The van der Waals surface area contributed by atoms with Crippen LogP contribution in [-0.2, 0) is 9.53 Å². The Hall–Kier alpha value is 0.587. The van der Waals surface area contributed by atoms with Gasteiger partial charge in [0, 0.05) is 0 Å². The van der Waals surface area contributed by atoms with Crippen molar-refractivity contribution in [3.05, 3.63) is 0 Å². The predicted molar refractivity (Wildman–Crippen MR) is 46.7 cm³/mol. The van der Waals surface area contributed by atoms with E-state index in [2.05, 4.69) is 29.6 Å². The molecule has 0 aliphatic carbocycles. The molecule has 1 atom stereocenters. The Bertz CT molecular complexity index is 128. The third-order valence-electron chi connectivity index (χ3n) is 1.38. The molecule has 0 spiro atoms. The predicted octanol–water partition coefficient (Wildman–Crippen LogP) is 0.782. The Morgan fingerprint density at radius 3 is 2.45 bits per heavy atom. The summed E-state index contributed by atoms with van der Waals surface area (Å²) in [4.78, 5) is 11.4. The molecule has 0 rings (SSSR count). The van der Waals surface area contributed by atoms with E-state index in [1.807, 2.05) is 6.92 Å². The summed E-state index contributed by atoms with van der Waals surface area (Å²) in [5.74, 6) is 0.393. The van der Waals surface area contributed by atoms with Crippen LogP contribution in [0.15, 0.2) is 0 Å². The number of esters is 1. The molecule has 0 aromatic heterocycles. The molecule has 2 nitrogen and oxygen atoms in total. The van der Waals surface area contributed by atoms with Crippen LogP contribution < -0.4 is 0 Å². The van der Waals surface area contributed by atoms with Gasteiger partial charge in [-0.1, -0.05) is 0 Å². The molecule has 0 saturated carbocycles. The molecule has 0 radical (unpaired) electrons. The molecule has 0 bridgehead atoms. The second-order valence-corrected chi connectivity index (χ2v) is 4.71. The maximum absolute atomic E-state index is 11.2. The summed E-state index contributed by atoms with van der Waals surface area (Å²) in [6, 6.07) is 0. The Morgan fingerprint density at radius 1 is 1.64 bits per heavy atom. The summed E-state index contributed by atoms with van der Waals surface area (Å²) in [5, 5.41) is 0. The summed E-state index contributed by atoms with van der Waals surface area (Å²) in [6.07, 6.45) is 0. The summed E-state index contributed by atoms with van der Waals surface area (Å²) < 4.78 is 4.93. The second-order valence-electron chi connectivity index (χ2n) is 2.65. The van der Waals surface area contributed by atoms with Crippen LogP contribution in [-0.4, -0.2) is 41.1 Å². The van der Waals surface area contributed by atoms with Crippen molar-refractivity contribution in [2.75, 3.05) is 6.61 Å². The molecule has 0 aromatic rings. The van der Waals surface area contributed by atoms with Crippen molar-refractivity contribution in [3.8, 4) is 0 Å². The molecular weight excluding hydrogens is 202 g/mol. The van der Waals surface area contributed by atoms with Gasteiger partial charge in [0.2, 0.25) is 0 Å². The van der Waals surface area contributed by atoms with E-state index < -0.39 is 0 Å². The van der Waals surface area contributed by atoms with Crippen molar-refractivity contribution in [1.82, 2.24) is 0 Å². The van der Waals surface area contributed by atoms with Gasteiger partial charge in [-0.25, -0.2) is 0 Å². The number of carbonyl (C=O) groups excluding carboxylic acids is 1. The first-order valence-electron chi connectivity index (χ1n) is 3.82. The van der Waals surface area contributed by atoms with Gasteiger partial charge in [0.15, 0.2) is 0 Å². The van der Waals surface area contributed by atoms with E-state index in [9.17, 15) is 4.79 Å². The fraction of sp³-hybridized carbons (Fsp3) is 0.857. The molecule has 60 valence electrons. The first kappa shape index (κ1) is 11.6. The third kappa shape index (κ3) is 4.23. The van der Waals surface area contributed by atoms with Gasteiger partial charge in [-0.15, -0.1) is 0 Å². The van der Waals surface area contributed by atoms with Gasteiger partial charge >= 0.3 is 82.2 Å². The van der Waals surface area contributed by atoms with Gasteiger partial charge in [-0.2, -0.15) is 0 Å². The van der Waals surface area contributed by atoms with E-state index in [1.165, 1.54) is 0 Å². The molecule has 0 aliphatic heterocycles. The molecule has 1 unspecified atom stereocenters. The van der Waals surface area contributed by atoms with Crippen LogP contribution in [0.25, 0.3) is 0 Å². The Balaban J connectivity index is 3.92. The molecule has 4 heteroatoms. The maximum atomic E-state index is 11.2. The van der Waals surface area contributed by atoms with Crippen LogP contribution in [0.3, 0.4) is 0 Å². The number of rotatable bonds is 4. The standard InChI is InChI=1S/C7H14O2Se.Li/c1-4-9-7(8)6(10)5(2)3;/h5-6,10H,4H2,1-3H3;/q;+1/p-1. The molecular formula is C7H13LiO2Se. The minimum atomic E-state index is -0.0231. The fourth-order valence-corrected chi connectivity index (χ4v) is 2.55. The Morgan fingerprint density at radius 2 is 2.18 bits per heavy atom. The number of carbonyl (C=O) groups is 1. The normalized spacial score (nSPS) is 13.3. The molecule has 0 saturated heterocycles. The van der Waals surface area contributed by atoms with Crippen LogP contribution in [0.1, 0.15) is 20.8 Å². The van der Waals surface area contributed by atoms with Gasteiger partial charge in [0.25, 0.3) is 0 Å². The molecule has 0 aromatic carbocycles. The van der Waals surface area contributed by atoms with Gasteiger partial charge in [-0.3, -0.25) is 0 Å². The molecule has 0 heterocycles. The van der Waals surface area contributed by atoms with E-state index in [0.29, 0.717) is 25.3 Å². The Labute approximate surface area is 82.1 Å². The van der Waals surface area contributed by atoms with Gasteiger partial charge < -0.3 is 0 Å². The van der Waals surface area contributed by atoms with Crippen molar-refractivity contribution in [2.45, 2.75) is 25.6 Å². The second kappa shape index (κ2) is 6.14. The average Bonchev–Trinajstić information content (AvgIpc) is 1.88. The van der Waals surface area contributed by atoms with Crippen molar-refractivity contribution in [2.24, 2.45) is 5.92 Å². The number of hydrogen-bond donors (Lipinski definition) is 0. The van der Waals surface area contributed by atoms with Crippen molar-refractivity contribution in [1.29, 1.82) is 0 Å². The molecule has 0 amide bonds. The summed E-state index contributed by atoms with van der Waals surface area (Å²) >= 11 is 2.44. The van der Waals surface area contributed by atoms with E-state index in [4.69, 9.17) is 4.74 Å². The van der Waals surface area contributed by atoms with Crippen LogP contribution in [0.2, 0.25) is 4.82 Å². The molecule has 0 N–H and O–H groups in total. The Kier molecular flexibility index (Phi) is 6.47. The zero-order valence-corrected chi connectivity index (χ0v) is 9.30. The number of hydrogen-bond acceptors (Lipinski definition) is 2. The van der Waals surface area contributed by atoms with E-state index >= 15 is 0 Å².